The Hall–Kier alpha value is -1.31. The lowest BCUT2D eigenvalue weighted by Gasteiger charge is -2.18. The summed E-state index contributed by atoms with van der Waals surface area (Å²) in [6.45, 7) is 3.16. The van der Waals surface area contributed by atoms with E-state index in [1.807, 2.05) is 31.3 Å². The van der Waals surface area contributed by atoms with Gasteiger partial charge in [-0.1, -0.05) is 19.1 Å². The summed E-state index contributed by atoms with van der Waals surface area (Å²) in [5.74, 6) is 0. The number of carbonyl (C=O) groups is 1. The number of hydrogen-bond acceptors (Lipinski definition) is 2. The van der Waals surface area contributed by atoms with Crippen molar-refractivity contribution in [1.82, 2.24) is 0 Å². The molecule has 0 saturated heterocycles. The minimum Gasteiger partial charge on any atom is -0.375 e. The highest BCUT2D eigenvalue weighted by Crippen LogP contribution is 2.13. The molecule has 2 heteroatoms. The Labute approximate surface area is 79.2 Å². The molecule has 0 aliphatic carbocycles. The zero-order valence-electron chi connectivity index (χ0n) is 8.16. The Morgan fingerprint density at radius 3 is 2.85 bits per heavy atom. The first-order valence-corrected chi connectivity index (χ1v) is 4.54. The zero-order valence-corrected chi connectivity index (χ0v) is 8.16. The van der Waals surface area contributed by atoms with E-state index >= 15 is 0 Å². The second-order valence-electron chi connectivity index (χ2n) is 3.13. The molecule has 1 rings (SSSR count). The normalized spacial score (nSPS) is 9.69. The van der Waals surface area contributed by atoms with Crippen molar-refractivity contribution in [2.24, 2.45) is 0 Å². The first-order chi connectivity index (χ1) is 6.27. The zero-order chi connectivity index (χ0) is 9.68. The minimum absolute atomic E-state index is 0.737. The predicted octanol–water partition coefficient (Wildman–Crippen LogP) is 2.35. The fourth-order valence-corrected chi connectivity index (χ4v) is 1.30. The highest BCUT2D eigenvalue weighted by molar-refractivity contribution is 5.77. The summed E-state index contributed by atoms with van der Waals surface area (Å²) < 4.78 is 0. The summed E-state index contributed by atoms with van der Waals surface area (Å²) in [4.78, 5) is 12.7. The van der Waals surface area contributed by atoms with Gasteiger partial charge in [-0.2, -0.15) is 0 Å². The van der Waals surface area contributed by atoms with E-state index in [0.717, 1.165) is 30.5 Å². The van der Waals surface area contributed by atoms with Gasteiger partial charge in [0.2, 0.25) is 0 Å². The Morgan fingerprint density at radius 2 is 2.23 bits per heavy atom. The molecule has 0 saturated carbocycles. The van der Waals surface area contributed by atoms with Crippen molar-refractivity contribution in [2.45, 2.75) is 13.3 Å². The van der Waals surface area contributed by atoms with Gasteiger partial charge in [0.15, 0.2) is 0 Å². The summed E-state index contributed by atoms with van der Waals surface area (Å²) in [5, 5.41) is 0. The van der Waals surface area contributed by atoms with Crippen molar-refractivity contribution in [3.8, 4) is 0 Å². The highest BCUT2D eigenvalue weighted by atomic mass is 16.1. The van der Waals surface area contributed by atoms with Gasteiger partial charge in [0.1, 0.15) is 6.29 Å². The van der Waals surface area contributed by atoms with Crippen molar-refractivity contribution < 1.29 is 4.79 Å². The number of carbonyl (C=O) groups excluding carboxylic acids is 1. The molecule has 0 aliphatic rings. The standard InChI is InChI=1S/C11H15NO/c1-3-7-12(2)11-6-4-5-10(8-11)9-13/h4-6,8-9H,3,7H2,1-2H3. The van der Waals surface area contributed by atoms with Gasteiger partial charge < -0.3 is 4.90 Å². The Kier molecular flexibility index (Phi) is 3.50. The third-order valence-corrected chi connectivity index (χ3v) is 2.01. The van der Waals surface area contributed by atoms with Crippen LogP contribution in [0.1, 0.15) is 23.7 Å². The molecule has 0 fully saturated rings. The lowest BCUT2D eigenvalue weighted by Crippen LogP contribution is -2.17. The number of aldehydes is 1. The van der Waals surface area contributed by atoms with Crippen LogP contribution in [0, 0.1) is 0 Å². The van der Waals surface area contributed by atoms with E-state index in [9.17, 15) is 4.79 Å². The maximum absolute atomic E-state index is 10.5. The maximum Gasteiger partial charge on any atom is 0.150 e. The number of anilines is 1. The molecule has 1 aromatic carbocycles. The van der Waals surface area contributed by atoms with E-state index in [1.54, 1.807) is 0 Å². The quantitative estimate of drug-likeness (QED) is 0.658. The van der Waals surface area contributed by atoms with Crippen LogP contribution in [0.2, 0.25) is 0 Å². The smallest absolute Gasteiger partial charge is 0.150 e. The second kappa shape index (κ2) is 4.65. The third kappa shape index (κ3) is 2.58. The number of hydrogen-bond donors (Lipinski definition) is 0. The molecular formula is C11H15NO. The maximum atomic E-state index is 10.5. The average molecular weight is 177 g/mol. The van der Waals surface area contributed by atoms with Gasteiger partial charge in [0.25, 0.3) is 0 Å². The highest BCUT2D eigenvalue weighted by Gasteiger charge is 1.99. The molecule has 1 aromatic rings. The van der Waals surface area contributed by atoms with Gasteiger partial charge in [-0.25, -0.2) is 0 Å². The molecule has 0 amide bonds. The Morgan fingerprint density at radius 1 is 1.46 bits per heavy atom. The lowest BCUT2D eigenvalue weighted by molar-refractivity contribution is 0.112. The summed E-state index contributed by atoms with van der Waals surface area (Å²) in [5.41, 5.74) is 1.84. The summed E-state index contributed by atoms with van der Waals surface area (Å²) in [7, 11) is 2.04. The van der Waals surface area contributed by atoms with E-state index in [2.05, 4.69) is 11.8 Å². The van der Waals surface area contributed by atoms with Crippen LogP contribution in [0.25, 0.3) is 0 Å². The van der Waals surface area contributed by atoms with Gasteiger partial charge in [0.05, 0.1) is 0 Å². The summed E-state index contributed by atoms with van der Waals surface area (Å²) in [6, 6.07) is 7.65. The number of nitrogens with zero attached hydrogens (tertiary/aromatic N) is 1. The predicted molar refractivity (Wildman–Crippen MR) is 55.4 cm³/mol. The molecule has 2 nitrogen and oxygen atoms in total. The first-order valence-electron chi connectivity index (χ1n) is 4.54. The van der Waals surface area contributed by atoms with E-state index in [0.29, 0.717) is 0 Å². The van der Waals surface area contributed by atoms with Crippen LogP contribution in [0.15, 0.2) is 24.3 Å². The van der Waals surface area contributed by atoms with Crippen LogP contribution >= 0.6 is 0 Å². The third-order valence-electron chi connectivity index (χ3n) is 2.01. The molecular weight excluding hydrogens is 162 g/mol. The van der Waals surface area contributed by atoms with E-state index < -0.39 is 0 Å². The molecule has 0 heterocycles. The monoisotopic (exact) mass is 177 g/mol. The molecule has 0 spiro atoms. The fraction of sp³-hybridized carbons (Fsp3) is 0.364. The van der Waals surface area contributed by atoms with Crippen molar-refractivity contribution >= 4 is 12.0 Å². The van der Waals surface area contributed by atoms with Crippen LogP contribution in [0.5, 0.6) is 0 Å². The fourth-order valence-electron chi connectivity index (χ4n) is 1.30. The van der Waals surface area contributed by atoms with Crippen molar-refractivity contribution in [2.75, 3.05) is 18.5 Å². The van der Waals surface area contributed by atoms with E-state index in [1.165, 1.54) is 0 Å². The molecule has 0 unspecified atom stereocenters. The summed E-state index contributed by atoms with van der Waals surface area (Å²) in [6.07, 6.45) is 1.99. The molecule has 0 N–H and O–H groups in total. The van der Waals surface area contributed by atoms with Crippen LogP contribution in [-0.4, -0.2) is 19.9 Å². The number of benzene rings is 1. The molecule has 0 bridgehead atoms. The molecule has 0 aromatic heterocycles. The second-order valence-corrected chi connectivity index (χ2v) is 3.13. The van der Waals surface area contributed by atoms with E-state index in [4.69, 9.17) is 0 Å². The Balaban J connectivity index is 2.81. The molecule has 0 atom stereocenters. The van der Waals surface area contributed by atoms with Crippen molar-refractivity contribution in [1.29, 1.82) is 0 Å². The van der Waals surface area contributed by atoms with Gasteiger partial charge in [-0.15, -0.1) is 0 Å². The summed E-state index contributed by atoms with van der Waals surface area (Å²) >= 11 is 0. The van der Waals surface area contributed by atoms with Gasteiger partial charge in [0, 0.05) is 24.8 Å². The van der Waals surface area contributed by atoms with Crippen LogP contribution in [0.4, 0.5) is 5.69 Å². The average Bonchev–Trinajstić information content (AvgIpc) is 2.18. The van der Waals surface area contributed by atoms with Gasteiger partial charge in [-0.3, -0.25) is 4.79 Å². The topological polar surface area (TPSA) is 20.3 Å². The molecule has 0 aliphatic heterocycles. The first kappa shape index (κ1) is 9.78. The van der Waals surface area contributed by atoms with E-state index in [-0.39, 0.29) is 0 Å². The SMILES string of the molecule is CCCN(C)c1cccc(C=O)c1. The molecule has 13 heavy (non-hydrogen) atoms. The van der Waals surface area contributed by atoms with Gasteiger partial charge in [-0.05, 0) is 18.6 Å². The van der Waals surface area contributed by atoms with Crippen molar-refractivity contribution in [3.05, 3.63) is 29.8 Å². The Bertz CT molecular complexity index is 283. The van der Waals surface area contributed by atoms with Crippen LogP contribution < -0.4 is 4.90 Å². The molecule has 0 radical (unpaired) electrons. The van der Waals surface area contributed by atoms with Gasteiger partial charge >= 0.3 is 0 Å². The van der Waals surface area contributed by atoms with Crippen LogP contribution in [-0.2, 0) is 0 Å². The minimum atomic E-state index is 0.737. The number of rotatable bonds is 4. The largest absolute Gasteiger partial charge is 0.375 e. The lowest BCUT2D eigenvalue weighted by atomic mass is 10.2. The molecule has 70 valence electrons. The van der Waals surface area contributed by atoms with Crippen LogP contribution in [0.3, 0.4) is 0 Å². The van der Waals surface area contributed by atoms with Crippen molar-refractivity contribution in [3.63, 3.8) is 0 Å².